The number of rotatable bonds is 4. The largest absolute Gasteiger partial charge is 0.497 e. The summed E-state index contributed by atoms with van der Waals surface area (Å²) < 4.78 is 59.8. The summed E-state index contributed by atoms with van der Waals surface area (Å²) in [7, 11) is 1.53. The van der Waals surface area contributed by atoms with Crippen LogP contribution in [-0.2, 0) is 4.74 Å². The molecule has 6 nitrogen and oxygen atoms in total. The van der Waals surface area contributed by atoms with Gasteiger partial charge in [-0.05, 0) is 66.8 Å². The fourth-order valence-electron chi connectivity index (χ4n) is 4.83. The van der Waals surface area contributed by atoms with Crippen LogP contribution in [0.4, 0.5) is 23.0 Å². The second-order valence-corrected chi connectivity index (χ2v) is 11.5. The van der Waals surface area contributed by atoms with Crippen LogP contribution in [0.5, 0.6) is 5.75 Å². The Kier molecular flexibility index (Phi) is 7.28. The number of halogens is 4. The van der Waals surface area contributed by atoms with Crippen LogP contribution in [0.25, 0.3) is 32.8 Å². The molecule has 0 aliphatic carbocycles. The fourth-order valence-corrected chi connectivity index (χ4v) is 6.07. The van der Waals surface area contributed by atoms with Crippen LogP contribution in [0, 0.1) is 5.82 Å². The van der Waals surface area contributed by atoms with E-state index in [4.69, 9.17) is 21.1 Å². The summed E-state index contributed by atoms with van der Waals surface area (Å²) in [5, 5.41) is 2.48. The van der Waals surface area contributed by atoms with E-state index in [2.05, 4.69) is 4.37 Å². The molecule has 1 saturated heterocycles. The molecule has 206 valence electrons. The van der Waals surface area contributed by atoms with Crippen molar-refractivity contribution in [3.05, 3.63) is 53.3 Å². The molecule has 4 aromatic rings. The molecule has 39 heavy (non-hydrogen) atoms. The number of aromatic nitrogens is 1. The van der Waals surface area contributed by atoms with Gasteiger partial charge in [-0.1, -0.05) is 35.9 Å². The first-order valence-electron chi connectivity index (χ1n) is 12.4. The molecular weight excluding hydrogens is 551 g/mol. The van der Waals surface area contributed by atoms with Crippen LogP contribution in [0.2, 0.25) is 5.02 Å². The Hall–Kier alpha value is -3.24. The van der Waals surface area contributed by atoms with E-state index in [9.17, 15) is 13.6 Å². The number of carbonyl (C=O) groups excluding carboxylic acids is 1. The zero-order valence-electron chi connectivity index (χ0n) is 21.8. The number of fused-ring (bicyclic) bond motifs is 2. The van der Waals surface area contributed by atoms with E-state index in [0.717, 1.165) is 22.3 Å². The van der Waals surface area contributed by atoms with Crippen LogP contribution in [0.3, 0.4) is 0 Å². The predicted octanol–water partition coefficient (Wildman–Crippen LogP) is 7.61. The minimum Gasteiger partial charge on any atom is -0.497 e. The van der Waals surface area contributed by atoms with Crippen molar-refractivity contribution in [1.82, 2.24) is 9.27 Å². The Bertz CT molecular complexity index is 1560. The Balaban J connectivity index is 1.55. The monoisotopic (exact) mass is 577 g/mol. The van der Waals surface area contributed by atoms with Gasteiger partial charge in [0.05, 0.1) is 18.7 Å². The summed E-state index contributed by atoms with van der Waals surface area (Å²) in [6.45, 7) is 5.19. The number of hydrogen-bond donors (Lipinski definition) is 0. The lowest BCUT2D eigenvalue weighted by Gasteiger charge is -2.41. The SMILES string of the molecule is COc1cc(-c2c(Cl)cc3c(N4CCN(C(=O)OC(C)(C)C)CC4C(F)F)snc3c2F)c2ccccc2c1. The van der Waals surface area contributed by atoms with Crippen molar-refractivity contribution < 1.29 is 27.4 Å². The first-order chi connectivity index (χ1) is 18.5. The van der Waals surface area contributed by atoms with Gasteiger partial charge in [0.25, 0.3) is 6.43 Å². The highest BCUT2D eigenvalue weighted by Gasteiger charge is 2.38. The summed E-state index contributed by atoms with van der Waals surface area (Å²) in [6.07, 6.45) is -3.42. The van der Waals surface area contributed by atoms with E-state index in [1.54, 1.807) is 32.9 Å². The first kappa shape index (κ1) is 27.3. The second-order valence-electron chi connectivity index (χ2n) is 10.3. The zero-order chi connectivity index (χ0) is 28.1. The molecule has 0 bridgehead atoms. The summed E-state index contributed by atoms with van der Waals surface area (Å²) in [5.41, 5.74) is 0.00294. The van der Waals surface area contributed by atoms with Crippen molar-refractivity contribution in [2.75, 3.05) is 31.6 Å². The zero-order valence-corrected chi connectivity index (χ0v) is 23.4. The van der Waals surface area contributed by atoms with Crippen molar-refractivity contribution in [3.63, 3.8) is 0 Å². The Labute approximate surface area is 233 Å². The van der Waals surface area contributed by atoms with E-state index in [1.807, 2.05) is 30.3 Å². The van der Waals surface area contributed by atoms with Gasteiger partial charge >= 0.3 is 6.09 Å². The van der Waals surface area contributed by atoms with Gasteiger partial charge in [0.1, 0.15) is 27.9 Å². The van der Waals surface area contributed by atoms with E-state index in [1.165, 1.54) is 16.9 Å². The topological polar surface area (TPSA) is 54.9 Å². The van der Waals surface area contributed by atoms with Gasteiger partial charge in [-0.15, -0.1) is 0 Å². The molecule has 1 unspecified atom stereocenters. The number of methoxy groups -OCH3 is 1. The predicted molar refractivity (Wildman–Crippen MR) is 149 cm³/mol. The highest BCUT2D eigenvalue weighted by Crippen LogP contribution is 2.44. The lowest BCUT2D eigenvalue weighted by Crippen LogP contribution is -2.58. The number of ether oxygens (including phenoxy) is 2. The molecule has 11 heteroatoms. The fraction of sp³-hybridized carbons (Fsp3) is 0.357. The van der Waals surface area contributed by atoms with Gasteiger partial charge in [0.2, 0.25) is 0 Å². The molecule has 0 N–H and O–H groups in total. The third-order valence-corrected chi connectivity index (χ3v) is 7.81. The molecule has 1 fully saturated rings. The molecule has 1 aliphatic rings. The molecule has 1 aliphatic heterocycles. The van der Waals surface area contributed by atoms with Gasteiger partial charge in [-0.3, -0.25) is 0 Å². The summed E-state index contributed by atoms with van der Waals surface area (Å²) in [4.78, 5) is 15.3. The lowest BCUT2D eigenvalue weighted by molar-refractivity contribution is 0.0122. The van der Waals surface area contributed by atoms with Gasteiger partial charge in [0.15, 0.2) is 5.82 Å². The molecule has 1 atom stereocenters. The average molecular weight is 578 g/mol. The molecule has 0 spiro atoms. The van der Waals surface area contributed by atoms with Gasteiger partial charge < -0.3 is 19.3 Å². The number of carbonyl (C=O) groups is 1. The number of benzene rings is 3. The Morgan fingerprint density at radius 2 is 1.90 bits per heavy atom. The van der Waals surface area contributed by atoms with Crippen LogP contribution < -0.4 is 9.64 Å². The molecule has 0 radical (unpaired) electrons. The molecular formula is C28H27ClF3N3O3S. The molecule has 2 heterocycles. The maximum atomic E-state index is 16.1. The van der Waals surface area contributed by atoms with Crippen LogP contribution in [0.1, 0.15) is 20.8 Å². The summed E-state index contributed by atoms with van der Waals surface area (Å²) in [6, 6.07) is 11.3. The summed E-state index contributed by atoms with van der Waals surface area (Å²) >= 11 is 7.62. The van der Waals surface area contributed by atoms with E-state index in [-0.39, 0.29) is 35.7 Å². The van der Waals surface area contributed by atoms with E-state index >= 15 is 4.39 Å². The van der Waals surface area contributed by atoms with Crippen LogP contribution >= 0.6 is 23.1 Å². The van der Waals surface area contributed by atoms with Gasteiger partial charge in [-0.25, -0.2) is 18.0 Å². The number of amides is 1. The maximum Gasteiger partial charge on any atom is 0.410 e. The minimum atomic E-state index is -2.77. The number of nitrogens with zero attached hydrogens (tertiary/aromatic N) is 3. The second kappa shape index (κ2) is 10.4. The van der Waals surface area contributed by atoms with Crippen molar-refractivity contribution in [3.8, 4) is 16.9 Å². The average Bonchev–Trinajstić information content (AvgIpc) is 3.30. The number of alkyl halides is 2. The molecule has 1 amide bonds. The lowest BCUT2D eigenvalue weighted by atomic mass is 9.96. The highest BCUT2D eigenvalue weighted by molar-refractivity contribution is 7.11. The first-order valence-corrected chi connectivity index (χ1v) is 13.5. The van der Waals surface area contributed by atoms with Crippen LogP contribution in [-0.4, -0.2) is 60.2 Å². The van der Waals surface area contributed by atoms with Crippen LogP contribution in [0.15, 0.2) is 42.5 Å². The molecule has 1 aromatic heterocycles. The van der Waals surface area contributed by atoms with E-state index < -0.39 is 30.0 Å². The molecule has 5 rings (SSSR count). The quantitative estimate of drug-likeness (QED) is 0.250. The normalized spacial score (nSPS) is 16.4. The number of anilines is 1. The van der Waals surface area contributed by atoms with Gasteiger partial charge in [0, 0.05) is 24.0 Å². The van der Waals surface area contributed by atoms with E-state index in [0.29, 0.717) is 21.7 Å². The van der Waals surface area contributed by atoms with Crippen molar-refractivity contribution in [2.45, 2.75) is 38.8 Å². The van der Waals surface area contributed by atoms with Crippen molar-refractivity contribution >= 4 is 55.9 Å². The molecule has 3 aromatic carbocycles. The Morgan fingerprint density at radius 3 is 2.59 bits per heavy atom. The Morgan fingerprint density at radius 1 is 1.15 bits per heavy atom. The maximum absolute atomic E-state index is 16.1. The standard InChI is InChI=1S/C28H27ClF3N3O3S/c1-28(2,3)38-27(36)34-9-10-35(21(14-34)25(31)32)26-19-13-20(29)22(23(30)24(19)33-39-26)18-12-16(37-4)11-15-7-5-6-8-17(15)18/h5-8,11-13,21,25H,9-10,14H2,1-4H3. The van der Waals surface area contributed by atoms with Crippen molar-refractivity contribution in [1.29, 1.82) is 0 Å². The number of hydrogen-bond acceptors (Lipinski definition) is 6. The highest BCUT2D eigenvalue weighted by atomic mass is 35.5. The smallest absolute Gasteiger partial charge is 0.410 e. The third kappa shape index (κ3) is 5.19. The molecule has 0 saturated carbocycles. The van der Waals surface area contributed by atoms with Gasteiger partial charge in [-0.2, -0.15) is 4.37 Å². The summed E-state index contributed by atoms with van der Waals surface area (Å²) in [5.74, 6) is -0.0970. The third-order valence-electron chi connectivity index (χ3n) is 6.61. The minimum absolute atomic E-state index is 0.0453. The number of piperazine rings is 1. The van der Waals surface area contributed by atoms with Crippen molar-refractivity contribution in [2.24, 2.45) is 0 Å².